The number of nitrogens with one attached hydrogen (secondary N) is 1. The molecule has 1 fully saturated rings. The average Bonchev–Trinajstić information content (AvgIpc) is 2.95. The molecule has 6 nitrogen and oxygen atoms in total. The number of hydrogen-bond donors (Lipinski definition) is 1. The molecule has 1 aliphatic heterocycles. The van der Waals surface area contributed by atoms with Crippen LogP contribution in [-0.2, 0) is 20.9 Å². The summed E-state index contributed by atoms with van der Waals surface area (Å²) in [6, 6.07) is 13.7. The largest absolute Gasteiger partial charge is 0.484 e. The van der Waals surface area contributed by atoms with Gasteiger partial charge in [0.15, 0.2) is 6.61 Å². The molecule has 0 bridgehead atoms. The van der Waals surface area contributed by atoms with Crippen LogP contribution in [0, 0.1) is 0 Å². The van der Waals surface area contributed by atoms with Crippen molar-refractivity contribution in [1.82, 2.24) is 4.90 Å². The molecule has 0 saturated carbocycles. The van der Waals surface area contributed by atoms with Crippen molar-refractivity contribution in [2.24, 2.45) is 0 Å². The maximum Gasteiger partial charge on any atom is 0.262 e. The molecule has 0 aromatic heterocycles. The highest BCUT2D eigenvalue weighted by Gasteiger charge is 2.28. The number of likely N-dealkylation sites (tertiary alicyclic amines) is 1. The van der Waals surface area contributed by atoms with E-state index in [1.54, 1.807) is 48.5 Å². The Morgan fingerprint density at radius 3 is 2.23 bits per heavy atom. The van der Waals surface area contributed by atoms with Gasteiger partial charge in [-0.2, -0.15) is 0 Å². The topological polar surface area (TPSA) is 75.7 Å². The van der Waals surface area contributed by atoms with Crippen LogP contribution >= 0.6 is 11.6 Å². The molecular weight excluding hydrogens is 356 g/mol. The fraction of sp³-hybridized carbons (Fsp3) is 0.211. The summed E-state index contributed by atoms with van der Waals surface area (Å²) in [6.07, 6.45) is 0.557. The summed E-state index contributed by atoms with van der Waals surface area (Å²) in [5.41, 5.74) is 1.43. The van der Waals surface area contributed by atoms with Crippen molar-refractivity contribution in [2.45, 2.75) is 19.4 Å². The van der Waals surface area contributed by atoms with Crippen molar-refractivity contribution in [3.8, 4) is 5.75 Å². The Balaban J connectivity index is 1.50. The van der Waals surface area contributed by atoms with Gasteiger partial charge in [-0.1, -0.05) is 23.7 Å². The minimum atomic E-state index is -0.294. The van der Waals surface area contributed by atoms with Crippen LogP contribution in [0.25, 0.3) is 0 Å². The molecule has 0 spiro atoms. The van der Waals surface area contributed by atoms with E-state index in [2.05, 4.69) is 5.32 Å². The Morgan fingerprint density at radius 2 is 1.62 bits per heavy atom. The second-order valence-electron chi connectivity index (χ2n) is 5.86. The first-order chi connectivity index (χ1) is 12.5. The molecule has 134 valence electrons. The third-order valence-electron chi connectivity index (χ3n) is 3.92. The smallest absolute Gasteiger partial charge is 0.262 e. The predicted octanol–water partition coefficient (Wildman–Crippen LogP) is 3.01. The second-order valence-corrected chi connectivity index (χ2v) is 6.30. The molecule has 2 aromatic rings. The minimum Gasteiger partial charge on any atom is -0.484 e. The van der Waals surface area contributed by atoms with Crippen LogP contribution in [-0.4, -0.2) is 29.2 Å². The number of anilines is 1. The molecule has 1 saturated heterocycles. The van der Waals surface area contributed by atoms with Crippen LogP contribution in [0.5, 0.6) is 5.75 Å². The van der Waals surface area contributed by atoms with Crippen molar-refractivity contribution in [3.05, 3.63) is 59.1 Å². The summed E-state index contributed by atoms with van der Waals surface area (Å²) in [6.45, 7) is 0.131. The van der Waals surface area contributed by atoms with Crippen molar-refractivity contribution in [3.63, 3.8) is 0 Å². The van der Waals surface area contributed by atoms with Crippen molar-refractivity contribution in [1.29, 1.82) is 0 Å². The summed E-state index contributed by atoms with van der Waals surface area (Å²) in [5, 5.41) is 3.32. The zero-order valence-electron chi connectivity index (χ0n) is 13.9. The number of amides is 3. The fourth-order valence-electron chi connectivity index (χ4n) is 2.55. The molecule has 1 aliphatic rings. The summed E-state index contributed by atoms with van der Waals surface area (Å²) < 4.78 is 5.38. The highest BCUT2D eigenvalue weighted by atomic mass is 35.5. The predicted molar refractivity (Wildman–Crippen MR) is 96.8 cm³/mol. The SMILES string of the molecule is O=C(COc1ccc(Cl)cc1)Nc1ccc(CN2C(=O)CCC2=O)cc1. The van der Waals surface area contributed by atoms with Gasteiger partial charge in [0.25, 0.3) is 5.91 Å². The molecule has 2 aromatic carbocycles. The first-order valence-electron chi connectivity index (χ1n) is 8.11. The zero-order chi connectivity index (χ0) is 18.5. The highest BCUT2D eigenvalue weighted by Crippen LogP contribution is 2.18. The van der Waals surface area contributed by atoms with Crippen molar-refractivity contribution < 1.29 is 19.1 Å². The number of rotatable bonds is 6. The molecule has 1 N–H and O–H groups in total. The highest BCUT2D eigenvalue weighted by molar-refractivity contribution is 6.30. The van der Waals surface area contributed by atoms with Crippen LogP contribution in [0.2, 0.25) is 5.02 Å². The first kappa shape index (κ1) is 17.9. The van der Waals surface area contributed by atoms with Crippen molar-refractivity contribution >= 4 is 35.0 Å². The molecule has 0 aliphatic carbocycles. The summed E-state index contributed by atoms with van der Waals surface area (Å²) in [5.74, 6) is -0.0316. The van der Waals surface area contributed by atoms with Gasteiger partial charge < -0.3 is 10.1 Å². The summed E-state index contributed by atoms with van der Waals surface area (Å²) in [4.78, 5) is 36.5. The lowest BCUT2D eigenvalue weighted by Crippen LogP contribution is -2.28. The number of benzene rings is 2. The Hall–Kier alpha value is -2.86. The Labute approximate surface area is 155 Å². The number of halogens is 1. The van der Waals surface area contributed by atoms with E-state index in [-0.39, 0.29) is 43.7 Å². The fourth-order valence-corrected chi connectivity index (χ4v) is 2.68. The number of ether oxygens (including phenoxy) is 1. The lowest BCUT2D eigenvalue weighted by atomic mass is 10.2. The molecule has 7 heteroatoms. The third kappa shape index (κ3) is 4.61. The maximum absolute atomic E-state index is 11.9. The summed E-state index contributed by atoms with van der Waals surface area (Å²) >= 11 is 5.79. The minimum absolute atomic E-state index is 0.125. The van der Waals surface area contributed by atoms with Gasteiger partial charge in [-0.3, -0.25) is 19.3 Å². The van der Waals surface area contributed by atoms with Gasteiger partial charge in [-0.25, -0.2) is 0 Å². The molecular formula is C19H17ClN2O4. The molecule has 3 rings (SSSR count). The van der Waals surface area contributed by atoms with E-state index < -0.39 is 0 Å². The molecule has 0 radical (unpaired) electrons. The van der Waals surface area contributed by atoms with E-state index in [1.807, 2.05) is 0 Å². The normalized spacial score (nSPS) is 13.8. The van der Waals surface area contributed by atoms with Crippen LogP contribution in [0.1, 0.15) is 18.4 Å². The lowest BCUT2D eigenvalue weighted by Gasteiger charge is -2.14. The number of carbonyl (C=O) groups excluding carboxylic acids is 3. The van der Waals surface area contributed by atoms with E-state index in [0.717, 1.165) is 5.56 Å². The van der Waals surface area contributed by atoms with E-state index >= 15 is 0 Å². The van der Waals surface area contributed by atoms with E-state index in [9.17, 15) is 14.4 Å². The Bertz CT molecular complexity index is 802. The quantitative estimate of drug-likeness (QED) is 0.791. The van der Waals surface area contributed by atoms with Gasteiger partial charge in [0.05, 0.1) is 6.54 Å². The van der Waals surface area contributed by atoms with Gasteiger partial charge in [0.2, 0.25) is 11.8 Å². The van der Waals surface area contributed by atoms with Crippen LogP contribution < -0.4 is 10.1 Å². The molecule has 26 heavy (non-hydrogen) atoms. The number of carbonyl (C=O) groups is 3. The van der Waals surface area contributed by atoms with E-state index in [4.69, 9.17) is 16.3 Å². The van der Waals surface area contributed by atoms with Crippen LogP contribution in [0.3, 0.4) is 0 Å². The van der Waals surface area contributed by atoms with Gasteiger partial charge >= 0.3 is 0 Å². The molecule has 0 unspecified atom stereocenters. The molecule has 0 atom stereocenters. The average molecular weight is 373 g/mol. The van der Waals surface area contributed by atoms with Gasteiger partial charge in [0, 0.05) is 23.6 Å². The zero-order valence-corrected chi connectivity index (χ0v) is 14.7. The Kier molecular flexibility index (Phi) is 5.53. The number of nitrogens with zero attached hydrogens (tertiary/aromatic N) is 1. The monoisotopic (exact) mass is 372 g/mol. The van der Waals surface area contributed by atoms with E-state index in [0.29, 0.717) is 16.5 Å². The third-order valence-corrected chi connectivity index (χ3v) is 4.17. The van der Waals surface area contributed by atoms with Crippen LogP contribution in [0.15, 0.2) is 48.5 Å². The van der Waals surface area contributed by atoms with Gasteiger partial charge in [-0.15, -0.1) is 0 Å². The first-order valence-corrected chi connectivity index (χ1v) is 8.49. The lowest BCUT2D eigenvalue weighted by molar-refractivity contribution is -0.139. The van der Waals surface area contributed by atoms with Crippen molar-refractivity contribution in [2.75, 3.05) is 11.9 Å². The molecule has 3 amide bonds. The van der Waals surface area contributed by atoms with E-state index in [1.165, 1.54) is 4.90 Å². The standard InChI is InChI=1S/C19H17ClN2O4/c20-14-3-7-16(8-4-14)26-12-17(23)21-15-5-1-13(2-6-15)11-22-18(24)9-10-19(22)25/h1-8H,9-12H2,(H,21,23). The maximum atomic E-state index is 11.9. The second kappa shape index (κ2) is 8.01. The summed E-state index contributed by atoms with van der Waals surface area (Å²) in [7, 11) is 0. The van der Waals surface area contributed by atoms with Gasteiger partial charge in [-0.05, 0) is 42.0 Å². The van der Waals surface area contributed by atoms with Gasteiger partial charge in [0.1, 0.15) is 5.75 Å². The molecule has 1 heterocycles. The van der Waals surface area contributed by atoms with Crippen LogP contribution in [0.4, 0.5) is 5.69 Å². The number of imide groups is 1. The number of hydrogen-bond acceptors (Lipinski definition) is 4. The Morgan fingerprint density at radius 1 is 1.00 bits per heavy atom.